The summed E-state index contributed by atoms with van der Waals surface area (Å²) in [6, 6.07) is 28.8. The van der Waals surface area contributed by atoms with Crippen LogP contribution in [0.1, 0.15) is 45.2 Å². The first-order chi connectivity index (χ1) is 16.3. The third-order valence-electron chi connectivity index (χ3n) is 7.52. The largest absolute Gasteiger partial charge is 0.510 e. The predicted molar refractivity (Wildman–Crippen MR) is 138 cm³/mol. The van der Waals surface area contributed by atoms with E-state index < -0.39 is 0 Å². The fraction of sp³-hybridized carbons (Fsp3) is 0.267. The van der Waals surface area contributed by atoms with Crippen LogP contribution in [-0.4, -0.2) is 20.1 Å². The molecule has 1 atom stereocenters. The third-order valence-corrected chi connectivity index (χ3v) is 7.52. The number of aliphatic hydroxyl groups excluding tert-OH is 1. The van der Waals surface area contributed by atoms with Crippen LogP contribution in [0.3, 0.4) is 0 Å². The number of rotatable bonds is 5. The van der Waals surface area contributed by atoms with E-state index in [9.17, 15) is 5.11 Å². The van der Waals surface area contributed by atoms with Crippen LogP contribution < -0.4 is 0 Å². The Labute approximate surface area is 201 Å². The molecule has 0 spiro atoms. The van der Waals surface area contributed by atoms with Crippen LogP contribution in [0.25, 0.3) is 16.7 Å². The van der Waals surface area contributed by atoms with Crippen LogP contribution in [0.15, 0.2) is 102 Å². The second kappa shape index (κ2) is 8.28. The van der Waals surface area contributed by atoms with E-state index in [1.807, 2.05) is 36.4 Å². The van der Waals surface area contributed by atoms with Crippen molar-refractivity contribution in [3.05, 3.63) is 113 Å². The van der Waals surface area contributed by atoms with Crippen LogP contribution in [0, 0.1) is 5.92 Å². The molecular weight excluding hydrogens is 418 g/mol. The summed E-state index contributed by atoms with van der Waals surface area (Å²) >= 11 is 0. The average molecular weight is 450 g/mol. The van der Waals surface area contributed by atoms with Crippen LogP contribution in [0.2, 0.25) is 0 Å². The molecule has 4 heteroatoms. The molecule has 172 valence electrons. The first kappa shape index (κ1) is 22.1. The molecule has 0 saturated heterocycles. The van der Waals surface area contributed by atoms with E-state index in [2.05, 4.69) is 82.3 Å². The first-order valence-corrected chi connectivity index (χ1v) is 11.9. The van der Waals surface area contributed by atoms with Gasteiger partial charge in [0.15, 0.2) is 0 Å². The molecule has 1 heterocycles. The molecule has 0 radical (unpaired) electrons. The van der Waals surface area contributed by atoms with Crippen molar-refractivity contribution in [3.8, 4) is 0 Å². The summed E-state index contributed by atoms with van der Waals surface area (Å²) in [5, 5.41) is 21.1. The zero-order valence-corrected chi connectivity index (χ0v) is 20.2. The van der Waals surface area contributed by atoms with Crippen molar-refractivity contribution in [1.82, 2.24) is 15.0 Å². The van der Waals surface area contributed by atoms with Gasteiger partial charge in [0.2, 0.25) is 0 Å². The number of aliphatic hydroxyl groups is 1. The first-order valence-electron chi connectivity index (χ1n) is 11.9. The molecule has 1 unspecified atom stereocenters. The number of nitrogens with zero attached hydrogens (tertiary/aromatic N) is 3. The van der Waals surface area contributed by atoms with Gasteiger partial charge in [0.05, 0.1) is 0 Å². The summed E-state index contributed by atoms with van der Waals surface area (Å²) < 4.78 is 0. The molecule has 0 aliphatic heterocycles. The lowest BCUT2D eigenvalue weighted by atomic mass is 9.64. The van der Waals surface area contributed by atoms with Gasteiger partial charge < -0.3 is 5.11 Å². The fourth-order valence-electron chi connectivity index (χ4n) is 5.06. The molecule has 1 aliphatic carbocycles. The van der Waals surface area contributed by atoms with E-state index >= 15 is 0 Å². The molecule has 1 N–H and O–H groups in total. The second-order valence-electron chi connectivity index (χ2n) is 10.3. The topological polar surface area (TPSA) is 50.9 Å². The second-order valence-corrected chi connectivity index (χ2v) is 10.3. The monoisotopic (exact) mass is 449 g/mol. The Bertz CT molecular complexity index is 1350. The summed E-state index contributed by atoms with van der Waals surface area (Å²) in [5.74, 6) is 0.212. The molecule has 0 bridgehead atoms. The molecule has 0 saturated carbocycles. The minimum Gasteiger partial charge on any atom is -0.510 e. The number of fused-ring (bicyclic) bond motifs is 1. The van der Waals surface area contributed by atoms with Crippen molar-refractivity contribution < 1.29 is 5.11 Å². The maximum Gasteiger partial charge on any atom is 0.124 e. The van der Waals surface area contributed by atoms with E-state index in [-0.39, 0.29) is 16.7 Å². The van der Waals surface area contributed by atoms with Crippen LogP contribution >= 0.6 is 0 Å². The number of allylic oxidation sites excluding steroid dienone is 4. The molecule has 34 heavy (non-hydrogen) atoms. The van der Waals surface area contributed by atoms with Gasteiger partial charge in [-0.05, 0) is 41.2 Å². The lowest BCUT2D eigenvalue weighted by molar-refractivity contribution is 0.239. The highest BCUT2D eigenvalue weighted by molar-refractivity contribution is 5.75. The van der Waals surface area contributed by atoms with Gasteiger partial charge in [0.25, 0.3) is 0 Å². The maximum absolute atomic E-state index is 11.7. The number of hydrogen-bond donors (Lipinski definition) is 1. The summed E-state index contributed by atoms with van der Waals surface area (Å²) in [5.41, 5.74) is 5.45. The van der Waals surface area contributed by atoms with Crippen molar-refractivity contribution in [1.29, 1.82) is 0 Å². The summed E-state index contributed by atoms with van der Waals surface area (Å²) in [6.45, 7) is 8.94. The molecule has 0 fully saturated rings. The van der Waals surface area contributed by atoms with E-state index in [4.69, 9.17) is 10.2 Å². The highest BCUT2D eigenvalue weighted by Gasteiger charge is 2.41. The molecule has 5 rings (SSSR count). The van der Waals surface area contributed by atoms with Crippen molar-refractivity contribution in [2.45, 2.75) is 44.9 Å². The lowest BCUT2D eigenvalue weighted by Gasteiger charge is -2.41. The summed E-state index contributed by atoms with van der Waals surface area (Å²) in [6.07, 6.45) is 2.85. The molecule has 4 nitrogen and oxygen atoms in total. The normalized spacial score (nSPS) is 17.2. The minimum absolute atomic E-state index is 0.123. The van der Waals surface area contributed by atoms with E-state index in [1.54, 1.807) is 4.80 Å². The minimum atomic E-state index is -0.296. The zero-order valence-electron chi connectivity index (χ0n) is 20.2. The number of benzene rings is 3. The van der Waals surface area contributed by atoms with Gasteiger partial charge in [0.1, 0.15) is 22.5 Å². The molecule has 4 aromatic rings. The standard InChI is InChI=1S/C30H31N3O/c1-29(2,21-13-7-5-8-14-21)23-19-24(30(3,4)22-15-9-6-10-16-22)28(34)27(20-23)33-31-25-17-11-12-18-26(25)32-33/h5-18,20,24,34H,19H2,1-4H3. The van der Waals surface area contributed by atoms with Gasteiger partial charge in [-0.2, -0.15) is 0 Å². The van der Waals surface area contributed by atoms with Crippen molar-refractivity contribution in [3.63, 3.8) is 0 Å². The smallest absolute Gasteiger partial charge is 0.124 e. The highest BCUT2D eigenvalue weighted by atomic mass is 16.3. The van der Waals surface area contributed by atoms with E-state index in [0.29, 0.717) is 11.5 Å². The molecular formula is C30H31N3O. The lowest BCUT2D eigenvalue weighted by Crippen LogP contribution is -2.36. The molecule has 1 aromatic heterocycles. The maximum atomic E-state index is 11.7. The third kappa shape index (κ3) is 3.73. The average Bonchev–Trinajstić information content (AvgIpc) is 3.29. The Hall–Kier alpha value is -3.66. The van der Waals surface area contributed by atoms with E-state index in [0.717, 1.165) is 17.5 Å². The zero-order chi connectivity index (χ0) is 23.9. The van der Waals surface area contributed by atoms with Crippen LogP contribution in [0.5, 0.6) is 0 Å². The van der Waals surface area contributed by atoms with Crippen LogP contribution in [-0.2, 0) is 10.8 Å². The van der Waals surface area contributed by atoms with Crippen LogP contribution in [0.4, 0.5) is 0 Å². The molecule has 3 aromatic carbocycles. The van der Waals surface area contributed by atoms with Crippen molar-refractivity contribution in [2.75, 3.05) is 0 Å². The predicted octanol–water partition coefficient (Wildman–Crippen LogP) is 7.06. The molecule has 1 aliphatic rings. The Morgan fingerprint density at radius 3 is 1.79 bits per heavy atom. The van der Waals surface area contributed by atoms with Gasteiger partial charge in [-0.1, -0.05) is 106 Å². The number of hydrogen-bond acceptors (Lipinski definition) is 3. The SMILES string of the molecule is CC(C)(C1=CC(n2nc3ccccc3n2)=C(O)C(C(C)(C)c2ccccc2)C1)c1ccccc1. The number of aromatic nitrogens is 3. The van der Waals surface area contributed by atoms with E-state index in [1.165, 1.54) is 16.7 Å². The Kier molecular flexibility index (Phi) is 5.40. The molecule has 0 amide bonds. The summed E-state index contributed by atoms with van der Waals surface area (Å²) in [7, 11) is 0. The van der Waals surface area contributed by atoms with Crippen molar-refractivity contribution >= 4 is 16.7 Å². The summed E-state index contributed by atoms with van der Waals surface area (Å²) in [4.78, 5) is 1.61. The Morgan fingerprint density at radius 2 is 1.24 bits per heavy atom. The van der Waals surface area contributed by atoms with Crippen molar-refractivity contribution in [2.24, 2.45) is 5.92 Å². The van der Waals surface area contributed by atoms with Gasteiger partial charge >= 0.3 is 0 Å². The highest BCUT2D eigenvalue weighted by Crippen LogP contribution is 2.48. The quantitative estimate of drug-likeness (QED) is 0.355. The van der Waals surface area contributed by atoms with Gasteiger partial charge in [0, 0.05) is 11.3 Å². The van der Waals surface area contributed by atoms with Gasteiger partial charge in [-0.15, -0.1) is 15.0 Å². The Balaban J connectivity index is 1.69. The Morgan fingerprint density at radius 1 is 0.735 bits per heavy atom. The fourth-order valence-corrected chi connectivity index (χ4v) is 5.06. The van der Waals surface area contributed by atoms with Gasteiger partial charge in [-0.3, -0.25) is 0 Å². The van der Waals surface area contributed by atoms with Gasteiger partial charge in [-0.25, -0.2) is 0 Å².